The third-order valence-corrected chi connectivity index (χ3v) is 5.73. The number of carbonyl (C=O) groups excluding carboxylic acids is 2. The molecule has 0 saturated carbocycles. The molecule has 8 heteroatoms. The molecule has 1 fully saturated rings. The topological polar surface area (TPSA) is 114 Å². The van der Waals surface area contributed by atoms with E-state index in [2.05, 4.69) is 20.3 Å². The number of nitrogens with zero attached hydrogens (tertiary/aromatic N) is 4. The normalized spacial score (nSPS) is 15.6. The predicted molar refractivity (Wildman–Crippen MR) is 121 cm³/mol. The molecule has 32 heavy (non-hydrogen) atoms. The molecule has 3 N–H and O–H groups in total. The first-order valence-corrected chi connectivity index (χ1v) is 10.6. The molecule has 1 unspecified atom stereocenters. The zero-order valence-corrected chi connectivity index (χ0v) is 18.2. The summed E-state index contributed by atoms with van der Waals surface area (Å²) in [4.78, 5) is 39.7. The van der Waals surface area contributed by atoms with Crippen molar-refractivity contribution in [3.63, 3.8) is 0 Å². The highest BCUT2D eigenvalue weighted by Gasteiger charge is 2.33. The van der Waals surface area contributed by atoms with Gasteiger partial charge in [0.1, 0.15) is 0 Å². The third kappa shape index (κ3) is 4.44. The number of likely N-dealkylation sites (tertiary alicyclic amines) is 1. The fraction of sp³-hybridized carbons (Fsp3) is 0.292. The van der Waals surface area contributed by atoms with Crippen molar-refractivity contribution in [2.24, 2.45) is 5.73 Å². The van der Waals surface area contributed by atoms with Gasteiger partial charge in [0.05, 0.1) is 29.5 Å². The van der Waals surface area contributed by atoms with Gasteiger partial charge in [0.25, 0.3) is 11.8 Å². The van der Waals surface area contributed by atoms with Crippen molar-refractivity contribution in [1.82, 2.24) is 19.9 Å². The van der Waals surface area contributed by atoms with E-state index in [0.717, 1.165) is 29.8 Å². The fourth-order valence-electron chi connectivity index (χ4n) is 4.02. The van der Waals surface area contributed by atoms with Crippen LogP contribution in [0.3, 0.4) is 0 Å². The van der Waals surface area contributed by atoms with Crippen LogP contribution >= 0.6 is 0 Å². The molecule has 1 saturated heterocycles. The number of hydrogen-bond acceptors (Lipinski definition) is 6. The van der Waals surface area contributed by atoms with Crippen LogP contribution < -0.4 is 11.1 Å². The number of carbonyl (C=O) groups is 2. The molecule has 1 atom stereocenters. The molecule has 2 amide bonds. The van der Waals surface area contributed by atoms with Crippen LogP contribution in [-0.4, -0.2) is 38.2 Å². The van der Waals surface area contributed by atoms with Crippen LogP contribution in [0.1, 0.15) is 62.4 Å². The molecule has 3 heterocycles. The summed E-state index contributed by atoms with van der Waals surface area (Å²) in [6.45, 7) is 4.96. The van der Waals surface area contributed by atoms with Crippen LogP contribution in [0.5, 0.6) is 0 Å². The van der Waals surface area contributed by atoms with E-state index in [4.69, 9.17) is 5.73 Å². The third-order valence-electron chi connectivity index (χ3n) is 5.73. The fourth-order valence-corrected chi connectivity index (χ4v) is 4.02. The first kappa shape index (κ1) is 21.4. The smallest absolute Gasteiger partial charge is 0.254 e. The maximum atomic E-state index is 13.3. The Morgan fingerprint density at radius 1 is 1.19 bits per heavy atom. The molecule has 8 nitrogen and oxygen atoms in total. The predicted octanol–water partition coefficient (Wildman–Crippen LogP) is 3.18. The number of pyridine rings is 1. The largest absolute Gasteiger partial charge is 0.379 e. The van der Waals surface area contributed by atoms with Gasteiger partial charge in [0, 0.05) is 30.2 Å². The van der Waals surface area contributed by atoms with E-state index >= 15 is 0 Å². The van der Waals surface area contributed by atoms with Gasteiger partial charge in [-0.3, -0.25) is 14.6 Å². The van der Waals surface area contributed by atoms with Gasteiger partial charge in [-0.15, -0.1) is 0 Å². The van der Waals surface area contributed by atoms with Crippen LogP contribution in [0, 0.1) is 13.8 Å². The lowest BCUT2D eigenvalue weighted by atomic mass is 10.1. The average Bonchev–Trinajstić information content (AvgIpc) is 3.28. The number of nitrogens with one attached hydrogen (secondary N) is 1. The molecule has 0 bridgehead atoms. The van der Waals surface area contributed by atoms with Crippen molar-refractivity contribution in [1.29, 1.82) is 0 Å². The van der Waals surface area contributed by atoms with E-state index in [1.54, 1.807) is 13.1 Å². The zero-order valence-electron chi connectivity index (χ0n) is 18.2. The first-order valence-electron chi connectivity index (χ1n) is 10.6. The highest BCUT2D eigenvalue weighted by molar-refractivity contribution is 5.95. The van der Waals surface area contributed by atoms with Gasteiger partial charge in [0.2, 0.25) is 0 Å². The lowest BCUT2D eigenvalue weighted by Gasteiger charge is -2.24. The van der Waals surface area contributed by atoms with Crippen LogP contribution in [0.25, 0.3) is 0 Å². The Hall–Kier alpha value is -3.81. The Morgan fingerprint density at radius 3 is 2.72 bits per heavy atom. The number of anilines is 1. The molecule has 2 aromatic heterocycles. The van der Waals surface area contributed by atoms with Crippen LogP contribution in [0.2, 0.25) is 0 Å². The SMILES string of the molecule is Cc1cc(C(=O)N2CCCC2c2ncc(C(N)=O)c(C)n2)ccc1NCc1ccccn1. The summed E-state index contributed by atoms with van der Waals surface area (Å²) >= 11 is 0. The maximum absolute atomic E-state index is 13.3. The van der Waals surface area contributed by atoms with Crippen molar-refractivity contribution in [2.45, 2.75) is 39.3 Å². The molecule has 3 aromatic rings. The second-order valence-electron chi connectivity index (χ2n) is 7.95. The summed E-state index contributed by atoms with van der Waals surface area (Å²) in [6.07, 6.45) is 4.88. The number of aryl methyl sites for hydroxylation is 2. The van der Waals surface area contributed by atoms with Gasteiger partial charge in [0.15, 0.2) is 5.82 Å². The van der Waals surface area contributed by atoms with Crippen molar-refractivity contribution in [2.75, 3.05) is 11.9 Å². The van der Waals surface area contributed by atoms with Crippen LogP contribution in [0.15, 0.2) is 48.8 Å². The summed E-state index contributed by atoms with van der Waals surface area (Å²) in [5.41, 5.74) is 9.71. The molecule has 1 aliphatic rings. The number of primary amides is 1. The van der Waals surface area contributed by atoms with E-state index in [1.165, 1.54) is 6.20 Å². The van der Waals surface area contributed by atoms with Crippen LogP contribution in [0.4, 0.5) is 5.69 Å². The first-order chi connectivity index (χ1) is 15.4. The Morgan fingerprint density at radius 2 is 2.03 bits per heavy atom. The van der Waals surface area contributed by atoms with E-state index in [9.17, 15) is 9.59 Å². The number of nitrogens with two attached hydrogens (primary N) is 1. The molecule has 0 aliphatic carbocycles. The van der Waals surface area contributed by atoms with Crippen molar-refractivity contribution in [3.8, 4) is 0 Å². The standard InChI is InChI=1S/C24H26N6O2/c1-15-12-17(8-9-20(15)27-13-18-6-3-4-10-26-18)24(32)30-11-5-7-21(30)23-28-14-19(22(25)31)16(2)29-23/h3-4,6,8-10,12,14,21,27H,5,7,11,13H2,1-2H3,(H2,25,31). The van der Waals surface area contributed by atoms with Crippen LogP contribution in [-0.2, 0) is 6.54 Å². The number of aromatic nitrogens is 3. The maximum Gasteiger partial charge on any atom is 0.254 e. The molecule has 0 radical (unpaired) electrons. The summed E-state index contributed by atoms with van der Waals surface area (Å²) < 4.78 is 0. The van der Waals surface area contributed by atoms with Gasteiger partial charge < -0.3 is 16.0 Å². The lowest BCUT2D eigenvalue weighted by Crippen LogP contribution is -2.32. The zero-order chi connectivity index (χ0) is 22.7. The summed E-state index contributed by atoms with van der Waals surface area (Å²) in [6, 6.07) is 11.3. The lowest BCUT2D eigenvalue weighted by molar-refractivity contribution is 0.0729. The molecular formula is C24H26N6O2. The average molecular weight is 431 g/mol. The van der Waals surface area contributed by atoms with E-state index in [0.29, 0.717) is 35.7 Å². The van der Waals surface area contributed by atoms with E-state index in [-0.39, 0.29) is 11.9 Å². The number of rotatable bonds is 6. The second kappa shape index (κ2) is 9.13. The molecule has 1 aromatic carbocycles. The molecule has 164 valence electrons. The van der Waals surface area contributed by atoms with Crippen molar-refractivity contribution < 1.29 is 9.59 Å². The minimum absolute atomic E-state index is 0.0490. The van der Waals surface area contributed by atoms with Gasteiger partial charge in [-0.05, 0) is 62.6 Å². The minimum atomic E-state index is -0.555. The summed E-state index contributed by atoms with van der Waals surface area (Å²) in [5.74, 6) is -0.0588. The van der Waals surface area contributed by atoms with E-state index < -0.39 is 5.91 Å². The number of benzene rings is 1. The molecule has 1 aliphatic heterocycles. The number of hydrogen-bond donors (Lipinski definition) is 2. The van der Waals surface area contributed by atoms with E-state index in [1.807, 2.05) is 48.2 Å². The summed E-state index contributed by atoms with van der Waals surface area (Å²) in [5, 5.41) is 3.37. The highest BCUT2D eigenvalue weighted by Crippen LogP contribution is 2.32. The Bertz CT molecular complexity index is 1150. The molecular weight excluding hydrogens is 404 g/mol. The summed E-state index contributed by atoms with van der Waals surface area (Å²) in [7, 11) is 0. The van der Waals surface area contributed by atoms with Gasteiger partial charge >= 0.3 is 0 Å². The minimum Gasteiger partial charge on any atom is -0.379 e. The Kier molecular flexibility index (Phi) is 6.11. The number of amides is 2. The van der Waals surface area contributed by atoms with Crippen molar-refractivity contribution in [3.05, 3.63) is 82.7 Å². The molecule has 4 rings (SSSR count). The molecule has 0 spiro atoms. The van der Waals surface area contributed by atoms with Gasteiger partial charge in [-0.2, -0.15) is 0 Å². The van der Waals surface area contributed by atoms with Gasteiger partial charge in [-0.1, -0.05) is 6.07 Å². The van der Waals surface area contributed by atoms with Gasteiger partial charge in [-0.25, -0.2) is 9.97 Å². The Balaban J connectivity index is 1.50. The second-order valence-corrected chi connectivity index (χ2v) is 7.95. The quantitative estimate of drug-likeness (QED) is 0.621. The monoisotopic (exact) mass is 430 g/mol. The Labute approximate surface area is 186 Å². The van der Waals surface area contributed by atoms with Crippen molar-refractivity contribution >= 4 is 17.5 Å². The highest BCUT2D eigenvalue weighted by atomic mass is 16.2.